The minimum atomic E-state index is -2.50. The van der Waals surface area contributed by atoms with Crippen LogP contribution < -0.4 is 4.74 Å². The van der Waals surface area contributed by atoms with Crippen molar-refractivity contribution in [3.05, 3.63) is 65.7 Å². The summed E-state index contributed by atoms with van der Waals surface area (Å²) < 4.78 is 27.5. The lowest BCUT2D eigenvalue weighted by atomic mass is 10.0. The first-order valence-electron chi connectivity index (χ1n) is 11.3. The van der Waals surface area contributed by atoms with Crippen molar-refractivity contribution < 1.29 is 13.7 Å². The molecule has 0 radical (unpaired) electrons. The highest BCUT2D eigenvalue weighted by Crippen LogP contribution is 2.73. The maximum Gasteiger partial charge on any atom is 0.185 e. The fraction of sp³-hybridized carbons (Fsp3) is 0.500. The molecule has 176 valence electrons. The molecule has 5 nitrogen and oxygen atoms in total. The van der Waals surface area contributed by atoms with Gasteiger partial charge in [0.1, 0.15) is 17.7 Å². The monoisotopic (exact) mass is 490 g/mol. The van der Waals surface area contributed by atoms with Gasteiger partial charge in [-0.15, -0.1) is 0 Å². The van der Waals surface area contributed by atoms with Crippen LogP contribution in [-0.2, 0) is 8.95 Å². The van der Waals surface area contributed by atoms with Gasteiger partial charge in [0.2, 0.25) is 0 Å². The van der Waals surface area contributed by atoms with Crippen LogP contribution in [0.5, 0.6) is 5.75 Å². The van der Waals surface area contributed by atoms with E-state index in [0.717, 1.165) is 11.3 Å². The summed E-state index contributed by atoms with van der Waals surface area (Å²) in [6.45, 7) is 15.8. The van der Waals surface area contributed by atoms with Crippen LogP contribution in [0, 0.1) is 0 Å². The van der Waals surface area contributed by atoms with Crippen molar-refractivity contribution in [3.8, 4) is 5.75 Å². The molecule has 1 fully saturated rings. The van der Waals surface area contributed by atoms with Crippen LogP contribution in [0.2, 0.25) is 39.3 Å². The van der Waals surface area contributed by atoms with Crippen molar-refractivity contribution in [1.29, 1.82) is 0 Å². The Kier molecular flexibility index (Phi) is 7.60. The van der Waals surface area contributed by atoms with E-state index in [4.69, 9.17) is 18.1 Å². The molecule has 0 saturated carbocycles. The van der Waals surface area contributed by atoms with Crippen molar-refractivity contribution >= 4 is 24.0 Å². The van der Waals surface area contributed by atoms with Crippen molar-refractivity contribution in [2.75, 3.05) is 14.2 Å². The average molecular weight is 491 g/mol. The van der Waals surface area contributed by atoms with Gasteiger partial charge < -0.3 is 18.1 Å². The second kappa shape index (κ2) is 9.57. The number of hydrogen-bond donors (Lipinski definition) is 0. The van der Waals surface area contributed by atoms with Crippen LogP contribution in [-0.4, -0.2) is 41.4 Å². The predicted octanol–water partition coefficient (Wildman–Crippen LogP) is 7.50. The Morgan fingerprint density at radius 1 is 0.969 bits per heavy atom. The number of rotatable bonds is 7. The van der Waals surface area contributed by atoms with Crippen LogP contribution in [0.15, 0.2) is 59.0 Å². The van der Waals surface area contributed by atoms with Gasteiger partial charge in [0.15, 0.2) is 24.0 Å². The summed E-state index contributed by atoms with van der Waals surface area (Å²) in [6, 6.07) is 19.0. The number of hydrogen-bond acceptors (Lipinski definition) is 4. The maximum absolute atomic E-state index is 7.13. The van der Waals surface area contributed by atoms with E-state index in [1.807, 2.05) is 12.1 Å². The van der Waals surface area contributed by atoms with Crippen LogP contribution in [0.1, 0.15) is 30.0 Å². The normalized spacial score (nSPS) is 25.5. The second-order valence-electron chi connectivity index (χ2n) is 10.5. The third-order valence-electron chi connectivity index (χ3n) is 5.49. The molecule has 1 heterocycles. The second-order valence-corrected chi connectivity index (χ2v) is 22.6. The highest BCUT2D eigenvalue weighted by atomic mass is 31.2. The summed E-state index contributed by atoms with van der Waals surface area (Å²) in [5.74, 6) is 0.610. The lowest BCUT2D eigenvalue weighted by Gasteiger charge is -2.39. The first-order chi connectivity index (χ1) is 14.9. The Labute approximate surface area is 196 Å². The number of likely N-dealkylation sites (N-methyl/N-ethyl adjacent to an activating group) is 1. The molecule has 0 N–H and O–H groups in total. The number of benzene rings is 2. The Hall–Kier alpha value is -1.22. The van der Waals surface area contributed by atoms with E-state index in [9.17, 15) is 0 Å². The topological polar surface area (TPSA) is 43.3 Å². The number of methoxy groups -OCH3 is 1. The van der Waals surface area contributed by atoms with E-state index in [1.165, 1.54) is 5.56 Å². The minimum absolute atomic E-state index is 0.0411. The molecule has 2 aromatic rings. The number of ether oxygens (including phenoxy) is 1. The van der Waals surface area contributed by atoms with E-state index >= 15 is 0 Å². The van der Waals surface area contributed by atoms with Gasteiger partial charge in [0, 0.05) is 6.04 Å². The molecule has 4 atom stereocenters. The van der Waals surface area contributed by atoms with Gasteiger partial charge in [-0.1, -0.05) is 42.5 Å². The quantitative estimate of drug-likeness (QED) is 0.298. The Morgan fingerprint density at radius 3 is 2.06 bits per heavy atom. The minimum Gasteiger partial charge on any atom is -0.497 e. The summed E-state index contributed by atoms with van der Waals surface area (Å²) in [5, 5.41) is 0. The molecule has 0 aromatic heterocycles. The molecule has 8 heteroatoms. The third-order valence-corrected chi connectivity index (χ3v) is 13.0. The Balaban J connectivity index is 2.21. The van der Waals surface area contributed by atoms with Crippen LogP contribution in [0.25, 0.3) is 0 Å². The van der Waals surface area contributed by atoms with Gasteiger partial charge in [0.25, 0.3) is 0 Å². The molecule has 1 unspecified atom stereocenters. The maximum atomic E-state index is 7.13. The predicted molar refractivity (Wildman–Crippen MR) is 140 cm³/mol. The van der Waals surface area contributed by atoms with E-state index in [0.29, 0.717) is 0 Å². The van der Waals surface area contributed by atoms with E-state index in [2.05, 4.69) is 100 Å². The van der Waals surface area contributed by atoms with Gasteiger partial charge >= 0.3 is 0 Å². The van der Waals surface area contributed by atoms with Crippen molar-refractivity contribution in [2.45, 2.75) is 64.2 Å². The summed E-state index contributed by atoms with van der Waals surface area (Å²) in [7, 11) is -2.42. The number of nitrogens with zero attached hydrogens (tertiary/aromatic N) is 2. The smallest absolute Gasteiger partial charge is 0.185 e. The van der Waals surface area contributed by atoms with Crippen molar-refractivity contribution in [2.24, 2.45) is 4.41 Å². The average Bonchev–Trinajstić information content (AvgIpc) is 2.97. The van der Waals surface area contributed by atoms with Crippen LogP contribution in [0.4, 0.5) is 0 Å². The standard InChI is InChI=1S/C24H39N2O3PSi2/c1-19-23(20-13-11-10-12-14-20)28-30(26(19)2,25-31(4,5)6)24(29-32(7,8)9)21-15-17-22(27-3)18-16-21/h10-19,23-24H,1-9H3/t19-,23-,24+,30?/m0/s1. The lowest BCUT2D eigenvalue weighted by molar-refractivity contribution is 0.201. The van der Waals surface area contributed by atoms with Crippen molar-refractivity contribution in [1.82, 2.24) is 4.67 Å². The zero-order valence-electron chi connectivity index (χ0n) is 21.0. The van der Waals surface area contributed by atoms with Gasteiger partial charge in [0.05, 0.1) is 7.11 Å². The highest BCUT2D eigenvalue weighted by Gasteiger charge is 2.51. The van der Waals surface area contributed by atoms with Gasteiger partial charge in [-0.3, -0.25) is 0 Å². The zero-order valence-corrected chi connectivity index (χ0v) is 23.9. The fourth-order valence-electron chi connectivity index (χ4n) is 4.00. The molecule has 1 saturated heterocycles. The molecule has 1 aliphatic heterocycles. The molecule has 0 spiro atoms. The summed E-state index contributed by atoms with van der Waals surface area (Å²) in [4.78, 5) is 0. The molecule has 0 aliphatic carbocycles. The summed E-state index contributed by atoms with van der Waals surface area (Å²) in [5.41, 5.74) is 2.30. The van der Waals surface area contributed by atoms with Gasteiger partial charge in [-0.2, -0.15) is 0 Å². The molecule has 0 amide bonds. The van der Waals surface area contributed by atoms with Crippen LogP contribution in [0.3, 0.4) is 0 Å². The largest absolute Gasteiger partial charge is 0.497 e. The van der Waals surface area contributed by atoms with E-state index in [-0.39, 0.29) is 18.0 Å². The fourth-order valence-corrected chi connectivity index (χ4v) is 13.3. The lowest BCUT2D eigenvalue weighted by Crippen LogP contribution is -2.32. The molecular formula is C24H39N2O3PSi2. The van der Waals surface area contributed by atoms with E-state index < -0.39 is 24.0 Å². The SMILES string of the molecule is COc1ccc([C@H](O[Si](C)(C)C)P2(=N[Si](C)(C)C)O[C@H](c3ccccc3)[C@H](C)N2C)cc1. The molecule has 0 bridgehead atoms. The first kappa shape index (κ1) is 25.4. The van der Waals surface area contributed by atoms with Crippen LogP contribution >= 0.6 is 7.43 Å². The highest BCUT2D eigenvalue weighted by molar-refractivity contribution is 7.60. The molecular weight excluding hydrogens is 451 g/mol. The van der Waals surface area contributed by atoms with E-state index in [1.54, 1.807) is 7.11 Å². The molecule has 32 heavy (non-hydrogen) atoms. The molecule has 1 aliphatic rings. The summed E-state index contributed by atoms with van der Waals surface area (Å²) in [6.07, 6.45) is -0.0411. The summed E-state index contributed by atoms with van der Waals surface area (Å²) >= 11 is 0. The first-order valence-corrected chi connectivity index (χ1v) is 19.8. The molecule has 2 aromatic carbocycles. The zero-order chi connectivity index (χ0) is 23.7. The molecule has 3 rings (SSSR count). The van der Waals surface area contributed by atoms with Gasteiger partial charge in [-0.05, 0) is 76.5 Å². The Morgan fingerprint density at radius 2 is 1.56 bits per heavy atom. The Bertz CT molecular complexity index is 956. The van der Waals surface area contributed by atoms with Gasteiger partial charge in [-0.25, -0.2) is 4.67 Å². The van der Waals surface area contributed by atoms with Crippen molar-refractivity contribution in [3.63, 3.8) is 0 Å². The third kappa shape index (κ3) is 5.64.